The number of ether oxygens (including phenoxy) is 3. The van der Waals surface area contributed by atoms with Crippen LogP contribution in [0.1, 0.15) is 76.0 Å². The molecule has 0 unspecified atom stereocenters. The molecule has 0 fully saturated rings. The van der Waals surface area contributed by atoms with E-state index >= 15 is 0 Å². The highest BCUT2D eigenvalue weighted by atomic mass is 127. The smallest absolute Gasteiger partial charge is 0.262 e. The Kier molecular flexibility index (Phi) is 8.06. The average Bonchev–Trinajstić information content (AvgIpc) is 2.86. The fourth-order valence-electron chi connectivity index (χ4n) is 6.33. The molecule has 1 heterocycles. The van der Waals surface area contributed by atoms with E-state index in [0.717, 1.165) is 22.4 Å². The zero-order valence-corrected chi connectivity index (χ0v) is 27.5. The number of nitrogens with one attached hydrogen (secondary N) is 1. The normalized spacial score (nSPS) is 19.6. The Labute approximate surface area is 261 Å². The highest BCUT2D eigenvalue weighted by Gasteiger charge is 2.48. The van der Waals surface area contributed by atoms with Gasteiger partial charge in [0.25, 0.3) is 5.91 Å². The van der Waals surface area contributed by atoms with Crippen molar-refractivity contribution in [2.45, 2.75) is 73.1 Å². The number of Topliss-reactive ketones (excluding diaryl/α,β-unsaturated/α-hetero) is 2. The second kappa shape index (κ2) is 11.2. The molecular weight excluding hydrogens is 645 g/mol. The van der Waals surface area contributed by atoms with E-state index in [-0.39, 0.29) is 34.9 Å². The number of methoxy groups -OCH3 is 1. The summed E-state index contributed by atoms with van der Waals surface area (Å²) in [6, 6.07) is 9.58. The molecule has 222 valence electrons. The van der Waals surface area contributed by atoms with Crippen LogP contribution in [0.25, 0.3) is 0 Å². The van der Waals surface area contributed by atoms with Gasteiger partial charge in [-0.1, -0.05) is 45.4 Å². The molecule has 0 aromatic heterocycles. The summed E-state index contributed by atoms with van der Waals surface area (Å²) < 4.78 is 18.8. The maximum absolute atomic E-state index is 13.6. The van der Waals surface area contributed by atoms with Crippen LogP contribution in [0.15, 0.2) is 53.0 Å². The number of carbonyl (C=O) groups excluding carboxylic acids is 3. The third-order valence-electron chi connectivity index (χ3n) is 8.17. The molecule has 5 rings (SSSR count). The van der Waals surface area contributed by atoms with Gasteiger partial charge in [-0.3, -0.25) is 14.4 Å². The van der Waals surface area contributed by atoms with Gasteiger partial charge < -0.3 is 19.5 Å². The summed E-state index contributed by atoms with van der Waals surface area (Å²) in [5, 5.41) is 2.90. The van der Waals surface area contributed by atoms with E-state index in [0.29, 0.717) is 63.4 Å². The van der Waals surface area contributed by atoms with Gasteiger partial charge >= 0.3 is 0 Å². The van der Waals surface area contributed by atoms with Crippen molar-refractivity contribution in [3.8, 4) is 11.5 Å². The van der Waals surface area contributed by atoms with E-state index < -0.39 is 5.92 Å². The minimum Gasteiger partial charge on any atom is -0.493 e. The first-order valence-electron chi connectivity index (χ1n) is 14.3. The number of amides is 1. The SMILES string of the molecule is COc1cc(C2C3=C(CC(C)(C)CC3=O)OC3=C2C(=O)CC(C)(C)C3)cc(I)c1OCC(=O)Nc1ccc(C)cc1C. The second-order valence-corrected chi connectivity index (χ2v) is 14.4. The van der Waals surface area contributed by atoms with Gasteiger partial charge in [0.2, 0.25) is 0 Å². The van der Waals surface area contributed by atoms with Gasteiger partial charge in [0.05, 0.1) is 10.7 Å². The zero-order chi connectivity index (χ0) is 30.6. The Morgan fingerprint density at radius 2 is 1.55 bits per heavy atom. The van der Waals surface area contributed by atoms with Crippen molar-refractivity contribution in [1.82, 2.24) is 0 Å². The number of allylic oxidation sites excluding steroid dienone is 4. The molecule has 3 aliphatic rings. The van der Waals surface area contributed by atoms with Gasteiger partial charge in [-0.2, -0.15) is 0 Å². The highest BCUT2D eigenvalue weighted by Crippen LogP contribution is 2.54. The number of hydrogen-bond donors (Lipinski definition) is 1. The topological polar surface area (TPSA) is 90.9 Å². The summed E-state index contributed by atoms with van der Waals surface area (Å²) in [7, 11) is 1.54. The molecule has 2 aromatic rings. The van der Waals surface area contributed by atoms with Gasteiger partial charge in [0, 0.05) is 48.4 Å². The zero-order valence-electron chi connectivity index (χ0n) is 25.3. The first-order chi connectivity index (χ1) is 19.7. The third kappa shape index (κ3) is 6.00. The summed E-state index contributed by atoms with van der Waals surface area (Å²) >= 11 is 2.16. The highest BCUT2D eigenvalue weighted by molar-refractivity contribution is 14.1. The maximum Gasteiger partial charge on any atom is 0.262 e. The van der Waals surface area contributed by atoms with Gasteiger partial charge in [-0.05, 0) is 76.6 Å². The fraction of sp³-hybridized carbons (Fsp3) is 0.441. The van der Waals surface area contributed by atoms with Gasteiger partial charge in [-0.25, -0.2) is 0 Å². The van der Waals surface area contributed by atoms with E-state index in [2.05, 4.69) is 55.6 Å². The Bertz CT molecular complexity index is 1510. The predicted octanol–water partition coefficient (Wildman–Crippen LogP) is 7.33. The van der Waals surface area contributed by atoms with Crippen molar-refractivity contribution in [2.24, 2.45) is 10.8 Å². The van der Waals surface area contributed by atoms with Crippen molar-refractivity contribution >= 4 is 45.8 Å². The number of carbonyl (C=O) groups is 3. The lowest BCUT2D eigenvalue weighted by atomic mass is 9.65. The molecule has 8 heteroatoms. The molecule has 7 nitrogen and oxygen atoms in total. The Hall–Kier alpha value is -3.14. The number of ketones is 2. The molecule has 0 bridgehead atoms. The molecule has 1 N–H and O–H groups in total. The number of aryl methyl sites for hydroxylation is 2. The van der Waals surface area contributed by atoms with E-state index in [9.17, 15) is 14.4 Å². The van der Waals surface area contributed by atoms with Crippen LogP contribution in [-0.2, 0) is 19.1 Å². The van der Waals surface area contributed by atoms with E-state index in [4.69, 9.17) is 14.2 Å². The third-order valence-corrected chi connectivity index (χ3v) is 8.97. The average molecular weight is 684 g/mol. The fourth-order valence-corrected chi connectivity index (χ4v) is 7.11. The van der Waals surface area contributed by atoms with Crippen LogP contribution >= 0.6 is 22.6 Å². The van der Waals surface area contributed by atoms with Crippen molar-refractivity contribution < 1.29 is 28.6 Å². The van der Waals surface area contributed by atoms with Crippen molar-refractivity contribution in [1.29, 1.82) is 0 Å². The van der Waals surface area contributed by atoms with Crippen LogP contribution in [-0.4, -0.2) is 31.2 Å². The number of benzene rings is 2. The van der Waals surface area contributed by atoms with E-state index in [1.165, 1.54) is 0 Å². The molecule has 0 radical (unpaired) electrons. The standard InChI is InChI=1S/C34H38INO6/c1-18-8-9-22(19(2)10-18)36-28(39)17-41-32-21(35)11-20(12-25(32)40-7)29-30-23(37)13-33(3,4)15-26(30)42-27-16-34(5,6)14-24(38)31(27)29/h8-12,29H,13-17H2,1-7H3,(H,36,39). The largest absolute Gasteiger partial charge is 0.493 e. The van der Waals surface area contributed by atoms with Crippen LogP contribution in [0.2, 0.25) is 0 Å². The molecule has 0 saturated carbocycles. The van der Waals surface area contributed by atoms with E-state index in [1.54, 1.807) is 7.11 Å². The number of anilines is 1. The first-order valence-corrected chi connectivity index (χ1v) is 15.3. The van der Waals surface area contributed by atoms with Crippen LogP contribution in [0, 0.1) is 28.2 Å². The van der Waals surface area contributed by atoms with Crippen LogP contribution in [0.3, 0.4) is 0 Å². The number of halogens is 1. The van der Waals surface area contributed by atoms with Crippen LogP contribution in [0.5, 0.6) is 11.5 Å². The monoisotopic (exact) mass is 683 g/mol. The van der Waals surface area contributed by atoms with E-state index in [1.807, 2.05) is 44.2 Å². The molecular formula is C34H38INO6. The van der Waals surface area contributed by atoms with Crippen LogP contribution < -0.4 is 14.8 Å². The number of hydrogen-bond acceptors (Lipinski definition) is 6. The molecule has 0 atom stereocenters. The summed E-state index contributed by atoms with van der Waals surface area (Å²) in [6.45, 7) is 12.0. The molecule has 42 heavy (non-hydrogen) atoms. The van der Waals surface area contributed by atoms with Crippen molar-refractivity contribution in [3.05, 3.63) is 73.3 Å². The molecule has 0 saturated heterocycles. The lowest BCUT2D eigenvalue weighted by molar-refractivity contribution is -0.120. The summed E-state index contributed by atoms with van der Waals surface area (Å²) in [4.78, 5) is 40.0. The lowest BCUT2D eigenvalue weighted by Gasteiger charge is -2.42. The minimum absolute atomic E-state index is 0.00723. The Morgan fingerprint density at radius 3 is 2.10 bits per heavy atom. The summed E-state index contributed by atoms with van der Waals surface area (Å²) in [5.74, 6) is 1.38. The van der Waals surface area contributed by atoms with Gasteiger partial charge in [0.15, 0.2) is 29.7 Å². The summed E-state index contributed by atoms with van der Waals surface area (Å²) in [6.07, 6.45) is 2.03. The van der Waals surface area contributed by atoms with Crippen LogP contribution in [0.4, 0.5) is 5.69 Å². The summed E-state index contributed by atoms with van der Waals surface area (Å²) in [5.41, 5.74) is 4.28. The van der Waals surface area contributed by atoms with Crippen molar-refractivity contribution in [3.63, 3.8) is 0 Å². The first kappa shape index (κ1) is 30.3. The van der Waals surface area contributed by atoms with Gasteiger partial charge in [0.1, 0.15) is 11.5 Å². The van der Waals surface area contributed by atoms with Crippen molar-refractivity contribution in [2.75, 3.05) is 19.0 Å². The second-order valence-electron chi connectivity index (χ2n) is 13.3. The molecule has 2 aliphatic carbocycles. The lowest BCUT2D eigenvalue weighted by Crippen LogP contribution is -2.37. The molecule has 2 aromatic carbocycles. The quantitative estimate of drug-likeness (QED) is 0.321. The maximum atomic E-state index is 13.6. The molecule has 1 amide bonds. The Morgan fingerprint density at radius 1 is 0.952 bits per heavy atom. The Balaban J connectivity index is 1.49. The number of rotatable bonds is 6. The molecule has 1 aliphatic heterocycles. The molecule has 0 spiro atoms. The van der Waals surface area contributed by atoms with Gasteiger partial charge in [-0.15, -0.1) is 0 Å². The minimum atomic E-state index is -0.541. The predicted molar refractivity (Wildman–Crippen MR) is 170 cm³/mol.